The number of nitrogens with zero attached hydrogens (tertiary/aromatic N) is 2. The summed E-state index contributed by atoms with van der Waals surface area (Å²) in [7, 11) is 0. The van der Waals surface area contributed by atoms with Crippen molar-refractivity contribution in [1.82, 2.24) is 15.2 Å². The minimum atomic E-state index is -4.40. The zero-order chi connectivity index (χ0) is 15.0. The summed E-state index contributed by atoms with van der Waals surface area (Å²) in [6.07, 6.45) is -2.80. The molecule has 1 aromatic carbocycles. The Kier molecular flexibility index (Phi) is 3.17. The maximum atomic E-state index is 12.8. The van der Waals surface area contributed by atoms with Crippen LogP contribution in [0.2, 0.25) is 0 Å². The number of aromatic amines is 1. The molecule has 0 atom stereocenters. The maximum absolute atomic E-state index is 12.8. The van der Waals surface area contributed by atoms with Crippen LogP contribution in [-0.2, 0) is 6.18 Å². The number of anilines is 1. The van der Waals surface area contributed by atoms with Gasteiger partial charge < -0.3 is 5.73 Å². The fourth-order valence-corrected chi connectivity index (χ4v) is 2.64. The highest BCUT2D eigenvalue weighted by Gasteiger charge is 2.31. The Bertz CT molecular complexity index is 762. The van der Waals surface area contributed by atoms with Crippen molar-refractivity contribution < 1.29 is 13.2 Å². The van der Waals surface area contributed by atoms with Crippen LogP contribution in [-0.4, -0.2) is 15.2 Å². The summed E-state index contributed by atoms with van der Waals surface area (Å²) < 4.78 is 38.5. The number of aromatic nitrogens is 3. The van der Waals surface area contributed by atoms with Gasteiger partial charge in [-0.15, -0.1) is 11.3 Å². The van der Waals surface area contributed by atoms with E-state index in [9.17, 15) is 13.2 Å². The molecule has 0 amide bonds. The highest BCUT2D eigenvalue weighted by molar-refractivity contribution is 7.13. The van der Waals surface area contributed by atoms with E-state index in [1.54, 1.807) is 17.8 Å². The second-order valence-corrected chi connectivity index (χ2v) is 5.19. The molecule has 2 aromatic heterocycles. The Labute approximate surface area is 121 Å². The number of nitrogen functional groups attached to an aromatic ring is 1. The van der Waals surface area contributed by atoms with Crippen LogP contribution < -0.4 is 5.73 Å². The van der Waals surface area contributed by atoms with Gasteiger partial charge in [0.1, 0.15) is 0 Å². The Hall–Kier alpha value is -2.35. The van der Waals surface area contributed by atoms with Gasteiger partial charge in [0, 0.05) is 6.20 Å². The monoisotopic (exact) mass is 310 g/mol. The van der Waals surface area contributed by atoms with Crippen molar-refractivity contribution >= 4 is 17.2 Å². The van der Waals surface area contributed by atoms with Gasteiger partial charge in [0.2, 0.25) is 0 Å². The summed E-state index contributed by atoms with van der Waals surface area (Å²) in [6.45, 7) is 0. The topological polar surface area (TPSA) is 67.6 Å². The van der Waals surface area contributed by atoms with Gasteiger partial charge >= 0.3 is 6.18 Å². The highest BCUT2D eigenvalue weighted by Crippen LogP contribution is 2.38. The molecule has 8 heteroatoms. The number of hydrogen-bond donors (Lipinski definition) is 2. The van der Waals surface area contributed by atoms with Crippen molar-refractivity contribution in [1.29, 1.82) is 0 Å². The van der Waals surface area contributed by atoms with E-state index >= 15 is 0 Å². The van der Waals surface area contributed by atoms with Crippen molar-refractivity contribution in [3.8, 4) is 21.7 Å². The number of halogens is 3. The number of rotatable bonds is 2. The third-order valence-corrected chi connectivity index (χ3v) is 3.74. The van der Waals surface area contributed by atoms with Crippen LogP contribution in [0.15, 0.2) is 36.0 Å². The molecule has 4 nitrogen and oxygen atoms in total. The van der Waals surface area contributed by atoms with E-state index in [0.29, 0.717) is 16.8 Å². The lowest BCUT2D eigenvalue weighted by atomic mass is 10.0. The molecular weight excluding hydrogens is 301 g/mol. The Balaban J connectivity index is 2.16. The van der Waals surface area contributed by atoms with E-state index in [4.69, 9.17) is 5.73 Å². The SMILES string of the molecule is Nc1n[nH]c(-c2cncs2)c1-c1cccc(C(F)(F)F)c1. The van der Waals surface area contributed by atoms with Gasteiger partial charge in [0.25, 0.3) is 0 Å². The molecule has 0 bridgehead atoms. The number of nitrogens with one attached hydrogen (secondary N) is 1. The molecule has 0 fully saturated rings. The zero-order valence-corrected chi connectivity index (χ0v) is 11.3. The van der Waals surface area contributed by atoms with E-state index < -0.39 is 11.7 Å². The summed E-state index contributed by atoms with van der Waals surface area (Å²) in [4.78, 5) is 4.71. The quantitative estimate of drug-likeness (QED) is 0.756. The first-order chi connectivity index (χ1) is 9.97. The number of H-pyrrole nitrogens is 1. The summed E-state index contributed by atoms with van der Waals surface area (Å²) >= 11 is 1.35. The number of hydrogen-bond acceptors (Lipinski definition) is 4. The second kappa shape index (κ2) is 4.88. The van der Waals surface area contributed by atoms with E-state index in [1.807, 2.05) is 0 Å². The van der Waals surface area contributed by atoms with Crippen LogP contribution in [0.3, 0.4) is 0 Å². The molecular formula is C13H9F3N4S. The molecule has 0 saturated heterocycles. The molecule has 0 aliphatic rings. The highest BCUT2D eigenvalue weighted by atomic mass is 32.1. The van der Waals surface area contributed by atoms with Gasteiger partial charge in [-0.3, -0.25) is 10.1 Å². The summed E-state index contributed by atoms with van der Waals surface area (Å²) in [5.74, 6) is 0.151. The van der Waals surface area contributed by atoms with Crippen LogP contribution >= 0.6 is 11.3 Å². The molecule has 0 radical (unpaired) electrons. The molecule has 108 valence electrons. The first-order valence-electron chi connectivity index (χ1n) is 5.87. The van der Waals surface area contributed by atoms with Gasteiger partial charge in [0.05, 0.1) is 27.2 Å². The Morgan fingerprint density at radius 1 is 1.24 bits per heavy atom. The molecule has 0 aliphatic heterocycles. The molecule has 3 rings (SSSR count). The average molecular weight is 310 g/mol. The molecule has 21 heavy (non-hydrogen) atoms. The Morgan fingerprint density at radius 2 is 2.05 bits per heavy atom. The van der Waals surface area contributed by atoms with Gasteiger partial charge in [-0.2, -0.15) is 18.3 Å². The lowest BCUT2D eigenvalue weighted by molar-refractivity contribution is -0.137. The predicted molar refractivity (Wildman–Crippen MR) is 74.5 cm³/mol. The average Bonchev–Trinajstić information content (AvgIpc) is 3.06. The predicted octanol–water partition coefficient (Wildman–Crippen LogP) is 3.80. The molecule has 0 spiro atoms. The van der Waals surface area contributed by atoms with Gasteiger partial charge in [-0.05, 0) is 17.7 Å². The van der Waals surface area contributed by atoms with Crippen molar-refractivity contribution in [2.75, 3.05) is 5.73 Å². The number of thiazole rings is 1. The van der Waals surface area contributed by atoms with E-state index in [2.05, 4.69) is 15.2 Å². The van der Waals surface area contributed by atoms with Gasteiger partial charge in [-0.1, -0.05) is 12.1 Å². The number of nitrogens with two attached hydrogens (primary N) is 1. The van der Waals surface area contributed by atoms with Crippen molar-refractivity contribution in [3.63, 3.8) is 0 Å². The third kappa shape index (κ3) is 2.49. The summed E-state index contributed by atoms with van der Waals surface area (Å²) in [6, 6.07) is 5.00. The smallest absolute Gasteiger partial charge is 0.382 e. The van der Waals surface area contributed by atoms with Gasteiger partial charge in [-0.25, -0.2) is 0 Å². The lowest BCUT2D eigenvalue weighted by Crippen LogP contribution is -2.04. The third-order valence-electron chi connectivity index (χ3n) is 2.95. The van der Waals surface area contributed by atoms with Crippen molar-refractivity contribution in [2.45, 2.75) is 6.18 Å². The second-order valence-electron chi connectivity index (χ2n) is 4.30. The Morgan fingerprint density at radius 3 is 2.71 bits per heavy atom. The maximum Gasteiger partial charge on any atom is 0.416 e. The van der Waals surface area contributed by atoms with Crippen LogP contribution in [0, 0.1) is 0 Å². The molecule has 3 aromatic rings. The van der Waals surface area contributed by atoms with Crippen LogP contribution in [0.4, 0.5) is 19.0 Å². The fourth-order valence-electron chi connectivity index (χ4n) is 2.02. The van der Waals surface area contributed by atoms with Crippen LogP contribution in [0.1, 0.15) is 5.56 Å². The number of alkyl halides is 3. The number of benzene rings is 1. The fraction of sp³-hybridized carbons (Fsp3) is 0.0769. The van der Waals surface area contributed by atoms with E-state index in [1.165, 1.54) is 17.4 Å². The summed E-state index contributed by atoms with van der Waals surface area (Å²) in [5.41, 5.74) is 8.07. The standard InChI is InChI=1S/C13H9F3N4S/c14-13(15,16)8-3-1-2-7(4-8)10-11(19-20-12(10)17)9-5-18-6-21-9/h1-6H,(H3,17,19,20). The van der Waals surface area contributed by atoms with E-state index in [-0.39, 0.29) is 5.82 Å². The largest absolute Gasteiger partial charge is 0.416 e. The minimum Gasteiger partial charge on any atom is -0.382 e. The molecule has 0 aliphatic carbocycles. The zero-order valence-electron chi connectivity index (χ0n) is 10.5. The normalized spacial score (nSPS) is 11.8. The molecule has 0 saturated carbocycles. The first kappa shape index (κ1) is 13.6. The first-order valence-corrected chi connectivity index (χ1v) is 6.75. The van der Waals surface area contributed by atoms with Crippen LogP contribution in [0.5, 0.6) is 0 Å². The van der Waals surface area contributed by atoms with Crippen molar-refractivity contribution in [2.24, 2.45) is 0 Å². The van der Waals surface area contributed by atoms with E-state index in [0.717, 1.165) is 17.0 Å². The van der Waals surface area contributed by atoms with Crippen LogP contribution in [0.25, 0.3) is 21.7 Å². The van der Waals surface area contributed by atoms with Crippen molar-refractivity contribution in [3.05, 3.63) is 41.5 Å². The molecule has 3 N–H and O–H groups in total. The summed E-state index contributed by atoms with van der Waals surface area (Å²) in [5, 5.41) is 6.64. The minimum absolute atomic E-state index is 0.151. The lowest BCUT2D eigenvalue weighted by Gasteiger charge is -2.09. The molecule has 0 unspecified atom stereocenters. The molecule has 2 heterocycles. The van der Waals surface area contributed by atoms with Gasteiger partial charge in [0.15, 0.2) is 5.82 Å².